The van der Waals surface area contributed by atoms with Crippen LogP contribution in [0.5, 0.6) is 11.5 Å². The average molecular weight is 496 g/mol. The van der Waals surface area contributed by atoms with Gasteiger partial charge in [-0.1, -0.05) is 18.2 Å². The minimum absolute atomic E-state index is 0.0205. The number of carbonyl (C=O) groups is 3. The molecular formula is C25H25N3O6S. The van der Waals surface area contributed by atoms with Crippen molar-refractivity contribution in [2.45, 2.75) is 19.4 Å². The number of hydrogen-bond donors (Lipinski definition) is 1. The number of amides is 2. The summed E-state index contributed by atoms with van der Waals surface area (Å²) in [7, 11) is 3.10. The molecule has 0 spiro atoms. The SMILES string of the molecule is COc1cccc(N2CC(C(=O)OCc3csc(CC(=O)Nc4ccccc4OC)n3)CC2=O)c1. The number of ether oxygens (including phenoxy) is 3. The standard InChI is InChI=1S/C25H25N3O6S/c1-32-19-7-5-6-18(11-19)28-13-16(10-24(28)30)25(31)34-14-17-15-35-23(26-17)12-22(29)27-20-8-3-4-9-21(20)33-2/h3-9,11,15-16H,10,12-14H2,1-2H3,(H,27,29). The topological polar surface area (TPSA) is 107 Å². The molecule has 2 amide bonds. The van der Waals surface area contributed by atoms with Crippen LogP contribution in [-0.4, -0.2) is 43.5 Å². The quantitative estimate of drug-likeness (QED) is 0.453. The van der Waals surface area contributed by atoms with Gasteiger partial charge in [-0.2, -0.15) is 0 Å². The van der Waals surface area contributed by atoms with Crippen molar-refractivity contribution in [3.8, 4) is 11.5 Å². The Bertz CT molecular complexity index is 1230. The van der Waals surface area contributed by atoms with Crippen LogP contribution in [0.4, 0.5) is 11.4 Å². The number of benzene rings is 2. The van der Waals surface area contributed by atoms with E-state index in [4.69, 9.17) is 14.2 Å². The summed E-state index contributed by atoms with van der Waals surface area (Å²) >= 11 is 1.32. The van der Waals surface area contributed by atoms with Crippen molar-refractivity contribution in [2.75, 3.05) is 31.0 Å². The van der Waals surface area contributed by atoms with E-state index in [2.05, 4.69) is 10.3 Å². The predicted molar refractivity (Wildman–Crippen MR) is 131 cm³/mol. The Morgan fingerprint density at radius 2 is 1.97 bits per heavy atom. The second kappa shape index (κ2) is 11.0. The first kappa shape index (κ1) is 24.2. The van der Waals surface area contributed by atoms with Crippen molar-refractivity contribution in [3.05, 3.63) is 64.6 Å². The Labute approximate surface area is 206 Å². The molecule has 35 heavy (non-hydrogen) atoms. The predicted octanol–water partition coefficient (Wildman–Crippen LogP) is 3.44. The van der Waals surface area contributed by atoms with E-state index in [0.717, 1.165) is 0 Å². The number of nitrogens with one attached hydrogen (secondary N) is 1. The number of thiazole rings is 1. The summed E-state index contributed by atoms with van der Waals surface area (Å²) in [6.45, 7) is 0.226. The number of hydrogen-bond acceptors (Lipinski definition) is 8. The van der Waals surface area contributed by atoms with Gasteiger partial charge in [0.1, 0.15) is 23.1 Å². The molecule has 1 aliphatic heterocycles. The molecule has 0 aliphatic carbocycles. The number of para-hydroxylation sites is 2. The zero-order valence-corrected chi connectivity index (χ0v) is 20.2. The molecule has 1 N–H and O–H groups in total. The summed E-state index contributed by atoms with van der Waals surface area (Å²) in [5, 5.41) is 5.16. The van der Waals surface area contributed by atoms with Crippen molar-refractivity contribution in [1.82, 2.24) is 4.98 Å². The Kier molecular flexibility index (Phi) is 7.61. The smallest absolute Gasteiger partial charge is 0.311 e. The lowest BCUT2D eigenvalue weighted by Crippen LogP contribution is -2.26. The minimum Gasteiger partial charge on any atom is -0.497 e. The van der Waals surface area contributed by atoms with Crippen LogP contribution in [0.3, 0.4) is 0 Å². The second-order valence-corrected chi connectivity index (χ2v) is 8.82. The van der Waals surface area contributed by atoms with E-state index in [1.54, 1.807) is 53.8 Å². The Morgan fingerprint density at radius 3 is 2.77 bits per heavy atom. The van der Waals surface area contributed by atoms with Gasteiger partial charge in [0.15, 0.2) is 0 Å². The Hall–Kier alpha value is -3.92. The molecular weight excluding hydrogens is 470 g/mol. The summed E-state index contributed by atoms with van der Waals surface area (Å²) in [4.78, 5) is 43.4. The molecule has 0 radical (unpaired) electrons. The molecule has 3 aromatic rings. The lowest BCUT2D eigenvalue weighted by atomic mass is 10.1. The van der Waals surface area contributed by atoms with Crippen molar-refractivity contribution in [3.63, 3.8) is 0 Å². The van der Waals surface area contributed by atoms with Gasteiger partial charge in [-0.15, -0.1) is 11.3 Å². The van der Waals surface area contributed by atoms with E-state index in [1.165, 1.54) is 18.4 Å². The summed E-state index contributed by atoms with van der Waals surface area (Å²) in [5.41, 5.74) is 1.82. The van der Waals surface area contributed by atoms with Gasteiger partial charge in [0, 0.05) is 30.1 Å². The first-order valence-corrected chi connectivity index (χ1v) is 11.8. The van der Waals surface area contributed by atoms with Crippen LogP contribution in [0, 0.1) is 5.92 Å². The zero-order valence-electron chi connectivity index (χ0n) is 19.4. The van der Waals surface area contributed by atoms with E-state index in [9.17, 15) is 14.4 Å². The molecule has 9 nitrogen and oxygen atoms in total. The monoisotopic (exact) mass is 495 g/mol. The van der Waals surface area contributed by atoms with Crippen molar-refractivity contribution >= 4 is 40.5 Å². The van der Waals surface area contributed by atoms with Crippen LogP contribution in [0.25, 0.3) is 0 Å². The summed E-state index contributed by atoms with van der Waals surface area (Å²) in [5.74, 6) is -0.169. The minimum atomic E-state index is -0.557. The van der Waals surface area contributed by atoms with E-state index in [1.807, 2.05) is 12.1 Å². The maximum atomic E-state index is 12.6. The lowest BCUT2D eigenvalue weighted by Gasteiger charge is -2.17. The summed E-state index contributed by atoms with van der Waals surface area (Å²) in [6.07, 6.45) is 0.171. The van der Waals surface area contributed by atoms with Crippen LogP contribution >= 0.6 is 11.3 Å². The molecule has 1 aromatic heterocycles. The summed E-state index contributed by atoms with van der Waals surface area (Å²) in [6, 6.07) is 14.3. The second-order valence-electron chi connectivity index (χ2n) is 7.87. The number of rotatable bonds is 9. The maximum Gasteiger partial charge on any atom is 0.311 e. The molecule has 1 fully saturated rings. The summed E-state index contributed by atoms with van der Waals surface area (Å²) < 4.78 is 15.9. The van der Waals surface area contributed by atoms with Gasteiger partial charge in [0.05, 0.1) is 37.9 Å². The third-order valence-corrected chi connectivity index (χ3v) is 6.38. The molecule has 182 valence electrons. The number of carbonyl (C=O) groups excluding carboxylic acids is 3. The highest BCUT2D eigenvalue weighted by atomic mass is 32.1. The molecule has 10 heteroatoms. The largest absolute Gasteiger partial charge is 0.497 e. The number of aromatic nitrogens is 1. The van der Waals surface area contributed by atoms with Crippen LogP contribution in [0.2, 0.25) is 0 Å². The molecule has 2 heterocycles. The fourth-order valence-electron chi connectivity index (χ4n) is 3.73. The molecule has 1 unspecified atom stereocenters. The van der Waals surface area contributed by atoms with Crippen molar-refractivity contribution < 1.29 is 28.6 Å². The number of nitrogens with zero attached hydrogens (tertiary/aromatic N) is 2. The first-order chi connectivity index (χ1) is 17.0. The molecule has 0 saturated carbocycles. The highest BCUT2D eigenvalue weighted by Gasteiger charge is 2.36. The van der Waals surface area contributed by atoms with E-state index < -0.39 is 11.9 Å². The highest BCUT2D eigenvalue weighted by molar-refractivity contribution is 7.09. The Balaban J connectivity index is 1.28. The molecule has 1 atom stereocenters. The molecule has 2 aromatic carbocycles. The van der Waals surface area contributed by atoms with Crippen molar-refractivity contribution in [2.24, 2.45) is 5.92 Å². The lowest BCUT2D eigenvalue weighted by molar-refractivity contribution is -0.149. The average Bonchev–Trinajstić information content (AvgIpc) is 3.49. The zero-order chi connectivity index (χ0) is 24.8. The van der Waals surface area contributed by atoms with Gasteiger partial charge in [0.2, 0.25) is 11.8 Å². The fourth-order valence-corrected chi connectivity index (χ4v) is 4.51. The van der Waals surface area contributed by atoms with Gasteiger partial charge in [-0.05, 0) is 24.3 Å². The van der Waals surface area contributed by atoms with Crippen LogP contribution in [0.15, 0.2) is 53.9 Å². The van der Waals surface area contributed by atoms with E-state index in [0.29, 0.717) is 33.6 Å². The molecule has 1 aliphatic rings. The third-order valence-electron chi connectivity index (χ3n) is 5.48. The molecule has 1 saturated heterocycles. The van der Waals surface area contributed by atoms with Gasteiger partial charge in [0.25, 0.3) is 0 Å². The van der Waals surface area contributed by atoms with E-state index >= 15 is 0 Å². The van der Waals surface area contributed by atoms with Crippen LogP contribution in [0.1, 0.15) is 17.1 Å². The molecule has 4 rings (SSSR count). The highest BCUT2D eigenvalue weighted by Crippen LogP contribution is 2.29. The van der Waals surface area contributed by atoms with Gasteiger partial charge < -0.3 is 24.4 Å². The van der Waals surface area contributed by atoms with Crippen LogP contribution in [-0.2, 0) is 32.1 Å². The normalized spacial score (nSPS) is 15.1. The van der Waals surface area contributed by atoms with Gasteiger partial charge in [-0.25, -0.2) is 4.98 Å². The number of esters is 1. The fraction of sp³-hybridized carbons (Fsp3) is 0.280. The van der Waals surface area contributed by atoms with E-state index in [-0.39, 0.29) is 37.8 Å². The maximum absolute atomic E-state index is 12.6. The molecule has 0 bridgehead atoms. The Morgan fingerprint density at radius 1 is 1.14 bits per heavy atom. The number of anilines is 2. The van der Waals surface area contributed by atoms with Crippen molar-refractivity contribution in [1.29, 1.82) is 0 Å². The van der Waals surface area contributed by atoms with Gasteiger partial charge in [-0.3, -0.25) is 14.4 Å². The van der Waals surface area contributed by atoms with Crippen LogP contribution < -0.4 is 19.7 Å². The number of methoxy groups -OCH3 is 2. The third kappa shape index (κ3) is 5.96. The van der Waals surface area contributed by atoms with Gasteiger partial charge >= 0.3 is 5.97 Å². The first-order valence-electron chi connectivity index (χ1n) is 10.9.